The highest BCUT2D eigenvalue weighted by Gasteiger charge is 2.50. The van der Waals surface area contributed by atoms with E-state index in [2.05, 4.69) is 13.8 Å². The van der Waals surface area contributed by atoms with Gasteiger partial charge in [-0.05, 0) is 42.9 Å². The highest BCUT2D eigenvalue weighted by atomic mass is 16.4. The van der Waals surface area contributed by atoms with Crippen LogP contribution in [0.1, 0.15) is 39.5 Å². The summed E-state index contributed by atoms with van der Waals surface area (Å²) in [5, 5.41) is 18.7. The Morgan fingerprint density at radius 1 is 1.00 bits per heavy atom. The van der Waals surface area contributed by atoms with Gasteiger partial charge in [-0.25, -0.2) is 0 Å². The van der Waals surface area contributed by atoms with Gasteiger partial charge in [-0.3, -0.25) is 9.59 Å². The maximum Gasteiger partial charge on any atom is 0.306 e. The summed E-state index contributed by atoms with van der Waals surface area (Å²) in [6.07, 6.45) is 3.17. The molecular formula is C14H22O4. The second kappa shape index (κ2) is 4.90. The summed E-state index contributed by atoms with van der Waals surface area (Å²) >= 11 is 0. The summed E-state index contributed by atoms with van der Waals surface area (Å²) in [4.78, 5) is 22.8. The number of carboxylic acid groups (broad SMARTS) is 2. The Labute approximate surface area is 107 Å². The van der Waals surface area contributed by atoms with Crippen LogP contribution in [0.25, 0.3) is 0 Å². The molecule has 2 aliphatic rings. The van der Waals surface area contributed by atoms with Gasteiger partial charge in [0.15, 0.2) is 0 Å². The molecule has 6 unspecified atom stereocenters. The van der Waals surface area contributed by atoms with Gasteiger partial charge < -0.3 is 10.2 Å². The van der Waals surface area contributed by atoms with E-state index < -0.39 is 23.8 Å². The van der Waals surface area contributed by atoms with E-state index in [1.807, 2.05) is 0 Å². The van der Waals surface area contributed by atoms with E-state index >= 15 is 0 Å². The van der Waals surface area contributed by atoms with Gasteiger partial charge >= 0.3 is 11.9 Å². The zero-order valence-electron chi connectivity index (χ0n) is 11.0. The van der Waals surface area contributed by atoms with Gasteiger partial charge in [0.25, 0.3) is 0 Å². The quantitative estimate of drug-likeness (QED) is 0.794. The normalized spacial score (nSPS) is 44.1. The lowest BCUT2D eigenvalue weighted by atomic mass is 9.55. The fourth-order valence-corrected chi connectivity index (χ4v) is 4.20. The van der Waals surface area contributed by atoms with Gasteiger partial charge in [-0.1, -0.05) is 20.3 Å². The Morgan fingerprint density at radius 3 is 2.17 bits per heavy atom. The van der Waals surface area contributed by atoms with Crippen molar-refractivity contribution in [3.63, 3.8) is 0 Å². The summed E-state index contributed by atoms with van der Waals surface area (Å²) in [6, 6.07) is 0. The number of rotatable bonds is 2. The second-order valence-electron chi connectivity index (χ2n) is 6.13. The van der Waals surface area contributed by atoms with Gasteiger partial charge in [-0.2, -0.15) is 0 Å². The van der Waals surface area contributed by atoms with Crippen LogP contribution in [0.2, 0.25) is 0 Å². The Kier molecular flexibility index (Phi) is 3.64. The smallest absolute Gasteiger partial charge is 0.306 e. The molecule has 0 saturated heterocycles. The van der Waals surface area contributed by atoms with E-state index in [1.54, 1.807) is 0 Å². The molecule has 0 heterocycles. The van der Waals surface area contributed by atoms with Crippen LogP contribution in [0.15, 0.2) is 0 Å². The number of carboxylic acids is 2. The predicted molar refractivity (Wildman–Crippen MR) is 66.0 cm³/mol. The first-order valence-corrected chi connectivity index (χ1v) is 6.89. The van der Waals surface area contributed by atoms with Crippen LogP contribution in [0.5, 0.6) is 0 Å². The first-order chi connectivity index (χ1) is 8.43. The van der Waals surface area contributed by atoms with Crippen molar-refractivity contribution in [2.24, 2.45) is 35.5 Å². The fraction of sp³-hybridized carbons (Fsp3) is 0.857. The Bertz CT molecular complexity index is 352. The van der Waals surface area contributed by atoms with Gasteiger partial charge in [0.2, 0.25) is 0 Å². The van der Waals surface area contributed by atoms with E-state index in [9.17, 15) is 19.8 Å². The third kappa shape index (κ3) is 2.13. The van der Waals surface area contributed by atoms with E-state index in [0.29, 0.717) is 24.7 Å². The van der Waals surface area contributed by atoms with Gasteiger partial charge in [0, 0.05) is 0 Å². The lowest BCUT2D eigenvalue weighted by Crippen LogP contribution is -2.48. The minimum absolute atomic E-state index is 0.167. The van der Waals surface area contributed by atoms with Crippen molar-refractivity contribution in [3.05, 3.63) is 0 Å². The lowest BCUT2D eigenvalue weighted by molar-refractivity contribution is -0.159. The molecule has 0 aromatic heterocycles. The standard InChI is InChI=1S/C14H22O4/c1-7-6-11(14(17)18)12-9(8(7)2)4-3-5-10(12)13(15)16/h7-12H,3-6H2,1-2H3,(H,15,16)(H,17,18). The molecule has 2 rings (SSSR count). The van der Waals surface area contributed by atoms with Crippen molar-refractivity contribution in [3.8, 4) is 0 Å². The SMILES string of the molecule is CC1CC(C(=O)O)C2C(C(=O)O)CCCC2C1C. The van der Waals surface area contributed by atoms with Crippen LogP contribution in [-0.2, 0) is 9.59 Å². The molecule has 0 aliphatic heterocycles. The van der Waals surface area contributed by atoms with Crippen molar-refractivity contribution in [2.45, 2.75) is 39.5 Å². The molecule has 4 nitrogen and oxygen atoms in total. The fourth-order valence-electron chi connectivity index (χ4n) is 4.20. The molecule has 2 aliphatic carbocycles. The maximum absolute atomic E-state index is 11.4. The van der Waals surface area contributed by atoms with E-state index in [-0.39, 0.29) is 11.8 Å². The van der Waals surface area contributed by atoms with Crippen molar-refractivity contribution in [1.29, 1.82) is 0 Å². The molecule has 18 heavy (non-hydrogen) atoms. The topological polar surface area (TPSA) is 74.6 Å². The third-order valence-corrected chi connectivity index (χ3v) is 5.31. The van der Waals surface area contributed by atoms with E-state index in [4.69, 9.17) is 0 Å². The highest BCUT2D eigenvalue weighted by Crippen LogP contribution is 2.51. The molecular weight excluding hydrogens is 232 g/mol. The largest absolute Gasteiger partial charge is 0.481 e. The number of hydrogen-bond donors (Lipinski definition) is 2. The van der Waals surface area contributed by atoms with Crippen LogP contribution >= 0.6 is 0 Å². The summed E-state index contributed by atoms with van der Waals surface area (Å²) in [6.45, 7) is 4.26. The van der Waals surface area contributed by atoms with Crippen molar-refractivity contribution in [1.82, 2.24) is 0 Å². The first-order valence-electron chi connectivity index (χ1n) is 6.89. The molecule has 0 amide bonds. The first kappa shape index (κ1) is 13.4. The zero-order valence-corrected chi connectivity index (χ0v) is 11.0. The van der Waals surface area contributed by atoms with Crippen LogP contribution in [0, 0.1) is 35.5 Å². The van der Waals surface area contributed by atoms with Crippen molar-refractivity contribution < 1.29 is 19.8 Å². The average molecular weight is 254 g/mol. The van der Waals surface area contributed by atoms with Gasteiger partial charge in [0.05, 0.1) is 11.8 Å². The summed E-state index contributed by atoms with van der Waals surface area (Å²) in [5.41, 5.74) is 0. The summed E-state index contributed by atoms with van der Waals surface area (Å²) in [5.74, 6) is -1.63. The highest BCUT2D eigenvalue weighted by molar-refractivity contribution is 5.75. The summed E-state index contributed by atoms with van der Waals surface area (Å²) < 4.78 is 0. The van der Waals surface area contributed by atoms with Crippen LogP contribution in [-0.4, -0.2) is 22.2 Å². The molecule has 0 aromatic carbocycles. The minimum atomic E-state index is -0.808. The second-order valence-corrected chi connectivity index (χ2v) is 6.13. The molecule has 0 spiro atoms. The number of aliphatic carboxylic acids is 2. The maximum atomic E-state index is 11.4. The molecule has 102 valence electrons. The molecule has 2 fully saturated rings. The number of hydrogen-bond acceptors (Lipinski definition) is 2. The van der Waals surface area contributed by atoms with Crippen LogP contribution in [0.3, 0.4) is 0 Å². The molecule has 0 aromatic rings. The van der Waals surface area contributed by atoms with E-state index in [0.717, 1.165) is 12.8 Å². The molecule has 2 N–H and O–H groups in total. The molecule has 0 bridgehead atoms. The third-order valence-electron chi connectivity index (χ3n) is 5.31. The Hall–Kier alpha value is -1.06. The summed E-state index contributed by atoms with van der Waals surface area (Å²) in [7, 11) is 0. The monoisotopic (exact) mass is 254 g/mol. The van der Waals surface area contributed by atoms with Crippen molar-refractivity contribution in [2.75, 3.05) is 0 Å². The van der Waals surface area contributed by atoms with E-state index in [1.165, 1.54) is 0 Å². The average Bonchev–Trinajstić information content (AvgIpc) is 2.32. The predicted octanol–water partition coefficient (Wildman–Crippen LogP) is 2.48. The number of carbonyl (C=O) groups is 2. The molecule has 6 atom stereocenters. The molecule has 0 radical (unpaired) electrons. The van der Waals surface area contributed by atoms with Crippen LogP contribution in [0.4, 0.5) is 0 Å². The molecule has 4 heteroatoms. The lowest BCUT2D eigenvalue weighted by Gasteiger charge is -2.48. The van der Waals surface area contributed by atoms with Gasteiger partial charge in [0.1, 0.15) is 0 Å². The Balaban J connectivity index is 2.32. The van der Waals surface area contributed by atoms with Crippen LogP contribution < -0.4 is 0 Å². The minimum Gasteiger partial charge on any atom is -0.481 e. The Morgan fingerprint density at radius 2 is 1.61 bits per heavy atom. The number of fused-ring (bicyclic) bond motifs is 1. The zero-order chi connectivity index (χ0) is 13.4. The van der Waals surface area contributed by atoms with Gasteiger partial charge in [-0.15, -0.1) is 0 Å². The van der Waals surface area contributed by atoms with Crippen molar-refractivity contribution >= 4 is 11.9 Å². The molecule has 2 saturated carbocycles.